The van der Waals surface area contributed by atoms with Gasteiger partial charge in [-0.1, -0.05) is 34.1 Å². The lowest BCUT2D eigenvalue weighted by atomic mass is 10.1. The van der Waals surface area contributed by atoms with Crippen molar-refractivity contribution in [3.8, 4) is 0 Å². The number of hydrogen-bond donors (Lipinski definition) is 0. The Hall–Kier alpha value is -1.75. The van der Waals surface area contributed by atoms with E-state index in [1.165, 1.54) is 10.7 Å². The molecule has 2 aromatic rings. The zero-order valence-electron chi connectivity index (χ0n) is 11.3. The Morgan fingerprint density at radius 1 is 1.25 bits per heavy atom. The smallest absolute Gasteiger partial charge is 0.266 e. The molecule has 1 aromatic heterocycles. The molecule has 0 spiro atoms. The second-order valence-corrected chi connectivity index (χ2v) is 5.64. The topological polar surface area (TPSA) is 52.0 Å². The fourth-order valence-electron chi connectivity index (χ4n) is 1.88. The third-order valence-corrected chi connectivity index (χ3v) is 3.58. The molecule has 104 valence electrons. The van der Waals surface area contributed by atoms with Gasteiger partial charge in [-0.2, -0.15) is 5.10 Å². The van der Waals surface area contributed by atoms with Gasteiger partial charge in [0.2, 0.25) is 0 Å². The fourth-order valence-corrected chi connectivity index (χ4v) is 2.38. The van der Waals surface area contributed by atoms with Crippen molar-refractivity contribution in [1.29, 1.82) is 0 Å². The number of nitrogens with zero attached hydrogens (tertiary/aromatic N) is 2. The first-order valence-electron chi connectivity index (χ1n) is 6.35. The number of carbonyl (C=O) groups is 1. The van der Waals surface area contributed by atoms with Crippen LogP contribution in [0.5, 0.6) is 0 Å². The summed E-state index contributed by atoms with van der Waals surface area (Å²) in [4.78, 5) is 23.9. The number of aromatic nitrogens is 2. The van der Waals surface area contributed by atoms with Gasteiger partial charge in [0.05, 0.1) is 18.2 Å². The minimum absolute atomic E-state index is 0.0268. The third kappa shape index (κ3) is 3.22. The van der Waals surface area contributed by atoms with Gasteiger partial charge in [-0.3, -0.25) is 9.59 Å². The zero-order valence-corrected chi connectivity index (χ0v) is 12.9. The Morgan fingerprint density at radius 3 is 2.60 bits per heavy atom. The first kappa shape index (κ1) is 14.7. The number of ketones is 1. The predicted molar refractivity (Wildman–Crippen MR) is 81.1 cm³/mol. The van der Waals surface area contributed by atoms with E-state index in [0.29, 0.717) is 11.3 Å². The maximum Gasteiger partial charge on any atom is 0.266 e. The molecule has 0 radical (unpaired) electrons. The van der Waals surface area contributed by atoms with Crippen LogP contribution in [-0.2, 0) is 6.42 Å². The van der Waals surface area contributed by atoms with E-state index in [1.54, 1.807) is 12.1 Å². The van der Waals surface area contributed by atoms with Crippen LogP contribution in [0.4, 0.5) is 0 Å². The number of hydrogen-bond acceptors (Lipinski definition) is 3. The SMILES string of the molecule is CC(C)n1nc(CC(=O)c2ccccc2Br)ccc1=O. The molecule has 0 amide bonds. The van der Waals surface area contributed by atoms with Crippen LogP contribution < -0.4 is 5.56 Å². The highest BCUT2D eigenvalue weighted by Gasteiger charge is 2.12. The Morgan fingerprint density at radius 2 is 1.95 bits per heavy atom. The van der Waals surface area contributed by atoms with Gasteiger partial charge in [-0.15, -0.1) is 0 Å². The van der Waals surface area contributed by atoms with Gasteiger partial charge in [-0.25, -0.2) is 4.68 Å². The maximum atomic E-state index is 12.2. The quantitative estimate of drug-likeness (QED) is 0.807. The molecule has 4 nitrogen and oxygen atoms in total. The second-order valence-electron chi connectivity index (χ2n) is 4.78. The number of rotatable bonds is 4. The monoisotopic (exact) mass is 334 g/mol. The molecule has 0 atom stereocenters. The minimum atomic E-state index is -0.155. The van der Waals surface area contributed by atoms with Crippen molar-refractivity contribution in [2.24, 2.45) is 0 Å². The molecule has 0 saturated heterocycles. The lowest BCUT2D eigenvalue weighted by Gasteiger charge is -2.10. The van der Waals surface area contributed by atoms with Crippen molar-refractivity contribution in [1.82, 2.24) is 9.78 Å². The molecule has 0 aliphatic rings. The average molecular weight is 335 g/mol. The standard InChI is InChI=1S/C15H15BrN2O2/c1-10(2)18-15(20)8-7-11(17-18)9-14(19)12-5-3-4-6-13(12)16/h3-8,10H,9H2,1-2H3. The van der Waals surface area contributed by atoms with Crippen LogP contribution in [0.1, 0.15) is 35.9 Å². The molecule has 0 saturated carbocycles. The maximum absolute atomic E-state index is 12.2. The molecule has 1 heterocycles. The van der Waals surface area contributed by atoms with Gasteiger partial charge < -0.3 is 0 Å². The largest absolute Gasteiger partial charge is 0.294 e. The van der Waals surface area contributed by atoms with Crippen molar-refractivity contribution in [3.63, 3.8) is 0 Å². The predicted octanol–water partition coefficient (Wildman–Crippen LogP) is 3.01. The molecule has 0 fully saturated rings. The Bertz CT molecular complexity index is 692. The highest BCUT2D eigenvalue weighted by Crippen LogP contribution is 2.17. The van der Waals surface area contributed by atoms with Crippen LogP contribution in [-0.4, -0.2) is 15.6 Å². The summed E-state index contributed by atoms with van der Waals surface area (Å²) in [5, 5.41) is 4.23. The summed E-state index contributed by atoms with van der Waals surface area (Å²) in [5.41, 5.74) is 1.06. The van der Waals surface area contributed by atoms with Gasteiger partial charge in [0.15, 0.2) is 5.78 Å². The van der Waals surface area contributed by atoms with Crippen molar-refractivity contribution in [2.45, 2.75) is 26.3 Å². The first-order chi connectivity index (χ1) is 9.49. The van der Waals surface area contributed by atoms with E-state index in [9.17, 15) is 9.59 Å². The van der Waals surface area contributed by atoms with Gasteiger partial charge in [0.25, 0.3) is 5.56 Å². The molecule has 20 heavy (non-hydrogen) atoms. The molecular formula is C15H15BrN2O2. The molecular weight excluding hydrogens is 320 g/mol. The van der Waals surface area contributed by atoms with Crippen LogP contribution >= 0.6 is 15.9 Å². The normalized spacial score (nSPS) is 10.8. The summed E-state index contributed by atoms with van der Waals surface area (Å²) in [6.45, 7) is 3.77. The van der Waals surface area contributed by atoms with E-state index in [-0.39, 0.29) is 23.8 Å². The molecule has 1 aromatic carbocycles. The van der Waals surface area contributed by atoms with E-state index >= 15 is 0 Å². The Labute approximate surface area is 125 Å². The van der Waals surface area contributed by atoms with Gasteiger partial charge in [0, 0.05) is 16.1 Å². The summed E-state index contributed by atoms with van der Waals surface area (Å²) >= 11 is 3.36. The summed E-state index contributed by atoms with van der Waals surface area (Å²) in [6.07, 6.45) is 0.176. The van der Waals surface area contributed by atoms with Crippen molar-refractivity contribution < 1.29 is 4.79 Å². The summed E-state index contributed by atoms with van der Waals surface area (Å²) < 4.78 is 2.16. The van der Waals surface area contributed by atoms with Crippen LogP contribution in [0.2, 0.25) is 0 Å². The van der Waals surface area contributed by atoms with Crippen LogP contribution in [0.25, 0.3) is 0 Å². The molecule has 0 aliphatic heterocycles. The molecule has 0 N–H and O–H groups in total. The number of halogens is 1. The van der Waals surface area contributed by atoms with Crippen molar-refractivity contribution in [3.05, 3.63) is 62.5 Å². The molecule has 2 rings (SSSR count). The fraction of sp³-hybridized carbons (Fsp3) is 0.267. The van der Waals surface area contributed by atoms with Gasteiger partial charge >= 0.3 is 0 Å². The summed E-state index contributed by atoms with van der Waals surface area (Å²) in [5.74, 6) is -0.0288. The van der Waals surface area contributed by atoms with Gasteiger partial charge in [-0.05, 0) is 26.0 Å². The van der Waals surface area contributed by atoms with Crippen LogP contribution in [0.3, 0.4) is 0 Å². The molecule has 0 aliphatic carbocycles. The van der Waals surface area contributed by atoms with Crippen LogP contribution in [0, 0.1) is 0 Å². The number of carbonyl (C=O) groups excluding carboxylic acids is 1. The van der Waals surface area contributed by atoms with Crippen molar-refractivity contribution in [2.75, 3.05) is 0 Å². The molecule has 0 bridgehead atoms. The number of Topliss-reactive ketones (excluding diaryl/α,β-unsaturated/α-hetero) is 1. The Balaban J connectivity index is 2.27. The highest BCUT2D eigenvalue weighted by atomic mass is 79.9. The van der Waals surface area contributed by atoms with E-state index in [1.807, 2.05) is 32.0 Å². The van der Waals surface area contributed by atoms with E-state index in [0.717, 1.165) is 4.47 Å². The minimum Gasteiger partial charge on any atom is -0.294 e. The second kappa shape index (κ2) is 6.13. The lowest BCUT2D eigenvalue weighted by Crippen LogP contribution is -2.25. The highest BCUT2D eigenvalue weighted by molar-refractivity contribution is 9.10. The van der Waals surface area contributed by atoms with E-state index < -0.39 is 0 Å². The summed E-state index contributed by atoms with van der Waals surface area (Å²) in [7, 11) is 0. The van der Waals surface area contributed by atoms with E-state index in [4.69, 9.17) is 0 Å². The zero-order chi connectivity index (χ0) is 14.7. The molecule has 5 heteroatoms. The first-order valence-corrected chi connectivity index (χ1v) is 7.15. The van der Waals surface area contributed by atoms with Crippen LogP contribution in [0.15, 0.2) is 45.7 Å². The third-order valence-electron chi connectivity index (χ3n) is 2.89. The van der Waals surface area contributed by atoms with Crippen molar-refractivity contribution >= 4 is 21.7 Å². The number of benzene rings is 1. The summed E-state index contributed by atoms with van der Waals surface area (Å²) in [6, 6.07) is 10.3. The van der Waals surface area contributed by atoms with E-state index in [2.05, 4.69) is 21.0 Å². The van der Waals surface area contributed by atoms with Gasteiger partial charge in [0.1, 0.15) is 0 Å². The lowest BCUT2D eigenvalue weighted by molar-refractivity contribution is 0.0990. The Kier molecular flexibility index (Phi) is 4.49. The molecule has 0 unspecified atom stereocenters. The average Bonchev–Trinajstić information content (AvgIpc) is 2.41.